The van der Waals surface area contributed by atoms with Crippen LogP contribution < -0.4 is 0 Å². The number of hydrogen-bond donors (Lipinski definition) is 0. The van der Waals surface area contributed by atoms with E-state index in [9.17, 15) is 0 Å². The van der Waals surface area contributed by atoms with Gasteiger partial charge in [0.15, 0.2) is 0 Å². The Kier molecular flexibility index (Phi) is 3.52. The van der Waals surface area contributed by atoms with Gasteiger partial charge in [0.25, 0.3) is 0 Å². The summed E-state index contributed by atoms with van der Waals surface area (Å²) in [5.41, 5.74) is 3.28. The van der Waals surface area contributed by atoms with Gasteiger partial charge in [-0.15, -0.1) is 0 Å². The Labute approximate surface area is 115 Å². The normalized spacial score (nSPS) is 35.1. The van der Waals surface area contributed by atoms with Gasteiger partial charge in [-0.2, -0.15) is 11.8 Å². The fourth-order valence-electron chi connectivity index (χ4n) is 3.92. The monoisotopic (exact) mass is 258 g/mol. The fourth-order valence-corrected chi connectivity index (χ4v) is 5.05. The molecule has 2 aliphatic carbocycles. The minimum Gasteiger partial charge on any atom is -0.161 e. The molecule has 0 N–H and O–H groups in total. The molecule has 1 aromatic carbocycles. The number of rotatable bonds is 2. The van der Waals surface area contributed by atoms with Gasteiger partial charge < -0.3 is 0 Å². The molecule has 0 amide bonds. The molecule has 0 aliphatic heterocycles. The molecule has 0 saturated heterocycles. The van der Waals surface area contributed by atoms with Gasteiger partial charge in [-0.05, 0) is 36.5 Å². The molecule has 1 unspecified atom stereocenters. The molecule has 0 aromatic heterocycles. The maximum absolute atomic E-state index is 2.59. The van der Waals surface area contributed by atoms with E-state index in [1.807, 2.05) is 0 Å². The molecule has 1 heteroatoms. The lowest BCUT2D eigenvalue weighted by Gasteiger charge is -2.33. The lowest BCUT2D eigenvalue weighted by Crippen LogP contribution is -2.24. The standard InChI is InChI=1S/C17H22S/c1-12-11-16-14(13-7-4-3-5-8-13)9-6-10-15(16)17(12)18-2/h3-5,7-8,11-12,14-15,17H,6,9-10H2,1-2H3/t12-,14+,15+,17?/m1/s1. The first-order valence-corrected chi connectivity index (χ1v) is 8.39. The van der Waals surface area contributed by atoms with Crippen LogP contribution in [0.25, 0.3) is 0 Å². The maximum atomic E-state index is 2.59. The third kappa shape index (κ3) is 2.03. The summed E-state index contributed by atoms with van der Waals surface area (Å²) in [7, 11) is 0. The van der Waals surface area contributed by atoms with E-state index in [1.165, 1.54) is 24.8 Å². The first kappa shape index (κ1) is 12.3. The van der Waals surface area contributed by atoms with Crippen LogP contribution in [0.5, 0.6) is 0 Å². The molecule has 4 atom stereocenters. The van der Waals surface area contributed by atoms with Gasteiger partial charge in [-0.1, -0.05) is 55.3 Å². The summed E-state index contributed by atoms with van der Waals surface area (Å²) in [6.45, 7) is 2.40. The van der Waals surface area contributed by atoms with Crippen LogP contribution in [0.1, 0.15) is 37.7 Å². The zero-order chi connectivity index (χ0) is 12.5. The molecule has 2 aliphatic rings. The van der Waals surface area contributed by atoms with Crippen molar-refractivity contribution in [2.24, 2.45) is 11.8 Å². The highest BCUT2D eigenvalue weighted by Crippen LogP contribution is 2.50. The Balaban J connectivity index is 1.91. The van der Waals surface area contributed by atoms with Gasteiger partial charge in [0, 0.05) is 11.2 Å². The molecule has 0 radical (unpaired) electrons. The molecular formula is C17H22S. The SMILES string of the molecule is CSC1[C@H](C)C=C2[C@H](c3ccccc3)CCC[C@@H]21. The smallest absolute Gasteiger partial charge is 0.0170 e. The Morgan fingerprint density at radius 1 is 1.11 bits per heavy atom. The molecular weight excluding hydrogens is 236 g/mol. The van der Waals surface area contributed by atoms with Crippen molar-refractivity contribution in [1.82, 2.24) is 0 Å². The molecule has 1 saturated carbocycles. The zero-order valence-electron chi connectivity index (χ0n) is 11.3. The molecule has 0 nitrogen and oxygen atoms in total. The van der Waals surface area contributed by atoms with Crippen molar-refractivity contribution in [2.45, 2.75) is 37.4 Å². The Morgan fingerprint density at radius 2 is 1.89 bits per heavy atom. The van der Waals surface area contributed by atoms with Crippen LogP contribution in [-0.2, 0) is 0 Å². The van der Waals surface area contributed by atoms with E-state index < -0.39 is 0 Å². The van der Waals surface area contributed by atoms with Crippen molar-refractivity contribution in [1.29, 1.82) is 0 Å². The summed E-state index contributed by atoms with van der Waals surface area (Å²) >= 11 is 2.07. The van der Waals surface area contributed by atoms with Crippen LogP contribution in [0.15, 0.2) is 42.0 Å². The van der Waals surface area contributed by atoms with Crippen LogP contribution in [-0.4, -0.2) is 11.5 Å². The zero-order valence-corrected chi connectivity index (χ0v) is 12.1. The van der Waals surface area contributed by atoms with E-state index >= 15 is 0 Å². The minimum atomic E-state index is 0.699. The number of fused-ring (bicyclic) bond motifs is 1. The quantitative estimate of drug-likeness (QED) is 0.681. The molecule has 96 valence electrons. The van der Waals surface area contributed by atoms with Crippen molar-refractivity contribution >= 4 is 11.8 Å². The van der Waals surface area contributed by atoms with Gasteiger partial charge in [-0.3, -0.25) is 0 Å². The second kappa shape index (κ2) is 5.13. The summed E-state index contributed by atoms with van der Waals surface area (Å²) in [6, 6.07) is 11.1. The first-order valence-electron chi connectivity index (χ1n) is 7.10. The summed E-state index contributed by atoms with van der Waals surface area (Å²) in [4.78, 5) is 0. The largest absolute Gasteiger partial charge is 0.161 e. The van der Waals surface area contributed by atoms with Crippen molar-refractivity contribution in [3.8, 4) is 0 Å². The van der Waals surface area contributed by atoms with Gasteiger partial charge in [0.2, 0.25) is 0 Å². The lowest BCUT2D eigenvalue weighted by atomic mass is 9.75. The molecule has 1 aromatic rings. The van der Waals surface area contributed by atoms with Gasteiger partial charge in [0.1, 0.15) is 0 Å². The molecule has 0 heterocycles. The molecule has 0 spiro atoms. The number of allylic oxidation sites excluding steroid dienone is 2. The van der Waals surface area contributed by atoms with Crippen LogP contribution in [0.2, 0.25) is 0 Å². The summed E-state index contributed by atoms with van der Waals surface area (Å²) in [5, 5.41) is 0.825. The maximum Gasteiger partial charge on any atom is 0.0170 e. The van der Waals surface area contributed by atoms with E-state index in [0.29, 0.717) is 5.92 Å². The Hall–Kier alpha value is -0.690. The fraction of sp³-hybridized carbons (Fsp3) is 0.529. The van der Waals surface area contributed by atoms with Gasteiger partial charge in [-0.25, -0.2) is 0 Å². The Bertz CT molecular complexity index is 434. The van der Waals surface area contributed by atoms with Gasteiger partial charge >= 0.3 is 0 Å². The molecule has 1 fully saturated rings. The van der Waals surface area contributed by atoms with Crippen LogP contribution in [0.3, 0.4) is 0 Å². The average Bonchev–Trinajstić information content (AvgIpc) is 2.74. The van der Waals surface area contributed by atoms with Crippen LogP contribution in [0.4, 0.5) is 0 Å². The molecule has 18 heavy (non-hydrogen) atoms. The third-order valence-electron chi connectivity index (χ3n) is 4.68. The van der Waals surface area contributed by atoms with E-state index in [2.05, 4.69) is 61.3 Å². The summed E-state index contributed by atoms with van der Waals surface area (Å²) in [5.74, 6) is 2.29. The Morgan fingerprint density at radius 3 is 2.61 bits per heavy atom. The average molecular weight is 258 g/mol. The third-order valence-corrected chi connectivity index (χ3v) is 5.98. The second-order valence-corrected chi connectivity index (χ2v) is 6.74. The van der Waals surface area contributed by atoms with Crippen molar-refractivity contribution in [2.75, 3.05) is 6.26 Å². The highest BCUT2D eigenvalue weighted by molar-refractivity contribution is 7.99. The number of thioether (sulfide) groups is 1. The predicted octanol–water partition coefficient (Wildman–Crippen LogP) is 4.88. The highest BCUT2D eigenvalue weighted by Gasteiger charge is 2.39. The summed E-state index contributed by atoms with van der Waals surface area (Å²) in [6.07, 6.45) is 9.02. The first-order chi connectivity index (χ1) is 8.81. The molecule has 0 bridgehead atoms. The van der Waals surface area contributed by atoms with Crippen LogP contribution in [0, 0.1) is 11.8 Å². The van der Waals surface area contributed by atoms with Gasteiger partial charge in [0.05, 0.1) is 0 Å². The van der Waals surface area contributed by atoms with Crippen molar-refractivity contribution in [3.63, 3.8) is 0 Å². The predicted molar refractivity (Wildman–Crippen MR) is 81.1 cm³/mol. The summed E-state index contributed by atoms with van der Waals surface area (Å²) < 4.78 is 0. The topological polar surface area (TPSA) is 0 Å². The highest BCUT2D eigenvalue weighted by atomic mass is 32.2. The lowest BCUT2D eigenvalue weighted by molar-refractivity contribution is 0.416. The number of hydrogen-bond acceptors (Lipinski definition) is 1. The van der Waals surface area contributed by atoms with E-state index in [-0.39, 0.29) is 0 Å². The van der Waals surface area contributed by atoms with Crippen LogP contribution >= 0.6 is 11.8 Å². The van der Waals surface area contributed by atoms with E-state index in [0.717, 1.165) is 17.1 Å². The van der Waals surface area contributed by atoms with Crippen molar-refractivity contribution in [3.05, 3.63) is 47.5 Å². The van der Waals surface area contributed by atoms with E-state index in [4.69, 9.17) is 0 Å². The number of benzene rings is 1. The molecule has 3 rings (SSSR count). The van der Waals surface area contributed by atoms with E-state index in [1.54, 1.807) is 5.57 Å². The second-order valence-electron chi connectivity index (χ2n) is 5.73. The van der Waals surface area contributed by atoms with Crippen molar-refractivity contribution < 1.29 is 0 Å². The minimum absolute atomic E-state index is 0.699.